The highest BCUT2D eigenvalue weighted by atomic mass is 35.5. The standard InChI is InChI=1S/C23H23Cl2N5O4S/c1-12(2)30-10-15(19-21(26)28-11-29-22(19)30)20(31)13-4-5-17(34-3)16(8-13)23(35(27,32)33)7-6-14(24)9-18(23)25/h4-12,18H,1-3H3,(H2,26,28,29)(H2,27,32,33). The van der Waals surface area contributed by atoms with E-state index in [0.29, 0.717) is 11.0 Å². The normalized spacial score (nSPS) is 20.3. The summed E-state index contributed by atoms with van der Waals surface area (Å²) >= 11 is 12.6. The summed E-state index contributed by atoms with van der Waals surface area (Å²) in [6.07, 6.45) is 7.07. The first-order valence-corrected chi connectivity index (χ1v) is 12.9. The average molecular weight is 536 g/mol. The molecule has 2 atom stereocenters. The van der Waals surface area contributed by atoms with Crippen LogP contribution in [0.5, 0.6) is 5.75 Å². The number of ether oxygens (including phenoxy) is 1. The molecule has 0 spiro atoms. The molecule has 0 amide bonds. The van der Waals surface area contributed by atoms with Crippen LogP contribution in [0, 0.1) is 0 Å². The molecule has 9 nitrogen and oxygen atoms in total. The highest BCUT2D eigenvalue weighted by molar-refractivity contribution is 7.90. The largest absolute Gasteiger partial charge is 0.496 e. The Bertz CT molecular complexity index is 1510. The lowest BCUT2D eigenvalue weighted by atomic mass is 9.88. The summed E-state index contributed by atoms with van der Waals surface area (Å²) in [5.74, 6) is -0.0723. The number of methoxy groups -OCH3 is 1. The van der Waals surface area contributed by atoms with Gasteiger partial charge in [-0.1, -0.05) is 17.7 Å². The fraction of sp³-hybridized carbons (Fsp3) is 0.261. The predicted molar refractivity (Wildman–Crippen MR) is 136 cm³/mol. The Morgan fingerprint density at radius 3 is 2.60 bits per heavy atom. The van der Waals surface area contributed by atoms with Crippen molar-refractivity contribution in [2.45, 2.75) is 30.0 Å². The maximum Gasteiger partial charge on any atom is 0.224 e. The molecular weight excluding hydrogens is 513 g/mol. The lowest BCUT2D eigenvalue weighted by Crippen LogP contribution is -2.47. The number of sulfonamides is 1. The highest BCUT2D eigenvalue weighted by Gasteiger charge is 2.50. The van der Waals surface area contributed by atoms with Crippen LogP contribution in [0.25, 0.3) is 11.0 Å². The molecule has 2 aromatic heterocycles. The first-order valence-electron chi connectivity index (χ1n) is 10.5. The van der Waals surface area contributed by atoms with Crippen molar-refractivity contribution in [2.75, 3.05) is 12.8 Å². The van der Waals surface area contributed by atoms with Crippen molar-refractivity contribution in [2.24, 2.45) is 5.14 Å². The summed E-state index contributed by atoms with van der Waals surface area (Å²) in [5.41, 5.74) is 7.17. The van der Waals surface area contributed by atoms with Crippen molar-refractivity contribution in [3.8, 4) is 5.75 Å². The van der Waals surface area contributed by atoms with E-state index in [1.54, 1.807) is 6.20 Å². The van der Waals surface area contributed by atoms with Crippen LogP contribution >= 0.6 is 23.2 Å². The number of aromatic nitrogens is 3. The Balaban J connectivity index is 1.96. The molecule has 12 heteroatoms. The van der Waals surface area contributed by atoms with Crippen LogP contribution in [-0.4, -0.2) is 41.2 Å². The summed E-state index contributed by atoms with van der Waals surface area (Å²) in [7, 11) is -2.98. The number of carbonyl (C=O) groups is 1. The summed E-state index contributed by atoms with van der Waals surface area (Å²) in [6, 6.07) is 4.43. The Morgan fingerprint density at radius 1 is 1.29 bits per heavy atom. The third kappa shape index (κ3) is 4.00. The SMILES string of the molecule is COc1ccc(C(=O)c2cn(C(C)C)c3ncnc(N)c23)cc1C1(S(N)(=O)=O)C=CC(Cl)=CC1Cl. The zero-order valence-electron chi connectivity index (χ0n) is 19.1. The molecule has 1 aromatic carbocycles. The van der Waals surface area contributed by atoms with E-state index in [2.05, 4.69) is 9.97 Å². The van der Waals surface area contributed by atoms with Crippen molar-refractivity contribution < 1.29 is 17.9 Å². The van der Waals surface area contributed by atoms with Crippen LogP contribution < -0.4 is 15.6 Å². The Kier molecular flexibility index (Phi) is 6.43. The predicted octanol–water partition coefficient (Wildman–Crippen LogP) is 3.62. The van der Waals surface area contributed by atoms with Gasteiger partial charge in [0, 0.05) is 28.4 Å². The van der Waals surface area contributed by atoms with E-state index in [1.165, 1.54) is 49.9 Å². The maximum atomic E-state index is 13.7. The zero-order chi connectivity index (χ0) is 25.7. The number of allylic oxidation sites excluding steroid dienone is 3. The first kappa shape index (κ1) is 25.2. The van der Waals surface area contributed by atoms with Gasteiger partial charge in [0.1, 0.15) is 23.5 Å². The van der Waals surface area contributed by atoms with Crippen LogP contribution in [0.15, 0.2) is 54.0 Å². The highest BCUT2D eigenvalue weighted by Crippen LogP contribution is 2.46. The van der Waals surface area contributed by atoms with E-state index < -0.39 is 25.9 Å². The van der Waals surface area contributed by atoms with Gasteiger partial charge >= 0.3 is 0 Å². The molecular formula is C23H23Cl2N5O4S. The molecule has 2 heterocycles. The second kappa shape index (κ2) is 8.94. The third-order valence-electron chi connectivity index (χ3n) is 6.00. The van der Waals surface area contributed by atoms with E-state index in [-0.39, 0.29) is 39.3 Å². The number of anilines is 1. The molecule has 1 aliphatic rings. The number of fused-ring (bicyclic) bond motifs is 1. The van der Waals surface area contributed by atoms with Gasteiger partial charge in [0.2, 0.25) is 10.0 Å². The Hall–Kier alpha value is -2.92. The van der Waals surface area contributed by atoms with Gasteiger partial charge in [-0.15, -0.1) is 11.6 Å². The topological polar surface area (TPSA) is 143 Å². The third-order valence-corrected chi connectivity index (χ3v) is 8.40. The molecule has 0 aliphatic heterocycles. The quantitative estimate of drug-likeness (QED) is 0.362. The number of primary sulfonamides is 1. The minimum Gasteiger partial charge on any atom is -0.496 e. The van der Waals surface area contributed by atoms with Gasteiger partial charge in [0.15, 0.2) is 10.5 Å². The number of nitrogens with zero attached hydrogens (tertiary/aromatic N) is 3. The second-order valence-corrected chi connectivity index (χ2v) is 11.0. The monoisotopic (exact) mass is 535 g/mol. The van der Waals surface area contributed by atoms with Crippen molar-refractivity contribution in [1.82, 2.24) is 14.5 Å². The molecule has 0 radical (unpaired) electrons. The van der Waals surface area contributed by atoms with Gasteiger partial charge in [0.05, 0.1) is 23.4 Å². The number of benzene rings is 1. The van der Waals surface area contributed by atoms with Crippen LogP contribution in [0.3, 0.4) is 0 Å². The summed E-state index contributed by atoms with van der Waals surface area (Å²) in [5, 5.41) is 5.19. The van der Waals surface area contributed by atoms with Gasteiger partial charge < -0.3 is 15.0 Å². The van der Waals surface area contributed by atoms with Crippen LogP contribution in [0.1, 0.15) is 41.4 Å². The van der Waals surface area contributed by atoms with E-state index in [4.69, 9.17) is 38.8 Å². The number of ketones is 1. The van der Waals surface area contributed by atoms with Crippen LogP contribution in [0.4, 0.5) is 5.82 Å². The summed E-state index contributed by atoms with van der Waals surface area (Å²) < 4.78 is 31.2. The van der Waals surface area contributed by atoms with Crippen molar-refractivity contribution in [1.29, 1.82) is 0 Å². The van der Waals surface area contributed by atoms with Crippen LogP contribution in [0.2, 0.25) is 0 Å². The molecule has 0 saturated heterocycles. The number of nitrogen functional groups attached to an aromatic ring is 1. The first-order chi connectivity index (χ1) is 16.4. The lowest BCUT2D eigenvalue weighted by Gasteiger charge is -2.35. The number of hydrogen-bond acceptors (Lipinski definition) is 7. The van der Waals surface area contributed by atoms with Gasteiger partial charge in [-0.2, -0.15) is 0 Å². The van der Waals surface area contributed by atoms with Gasteiger partial charge in [0.25, 0.3) is 0 Å². The molecule has 4 N–H and O–H groups in total. The van der Waals surface area contributed by atoms with Crippen molar-refractivity contribution >= 4 is 55.9 Å². The molecule has 0 bridgehead atoms. The molecule has 2 unspecified atom stereocenters. The summed E-state index contributed by atoms with van der Waals surface area (Å²) in [6.45, 7) is 3.89. The fourth-order valence-corrected chi connectivity index (χ4v) is 6.30. The number of rotatable bonds is 6. The van der Waals surface area contributed by atoms with Gasteiger partial charge in [-0.25, -0.2) is 23.5 Å². The van der Waals surface area contributed by atoms with E-state index in [1.807, 2.05) is 18.4 Å². The minimum absolute atomic E-state index is 0.00801. The smallest absolute Gasteiger partial charge is 0.224 e. The second-order valence-electron chi connectivity index (χ2n) is 8.37. The van der Waals surface area contributed by atoms with E-state index in [9.17, 15) is 13.2 Å². The van der Waals surface area contributed by atoms with Gasteiger partial charge in [-0.3, -0.25) is 4.79 Å². The molecule has 1 aliphatic carbocycles. The molecule has 0 saturated carbocycles. The van der Waals surface area contributed by atoms with Crippen LogP contribution in [-0.2, 0) is 14.8 Å². The lowest BCUT2D eigenvalue weighted by molar-refractivity contribution is 0.104. The number of halogens is 2. The molecule has 0 fully saturated rings. The Labute approximate surface area is 212 Å². The Morgan fingerprint density at radius 2 is 2.00 bits per heavy atom. The summed E-state index contributed by atoms with van der Waals surface area (Å²) in [4.78, 5) is 22.1. The molecule has 35 heavy (non-hydrogen) atoms. The number of nitrogens with two attached hydrogens (primary N) is 2. The van der Waals surface area contributed by atoms with Crippen molar-refractivity contribution in [3.05, 3.63) is 70.7 Å². The maximum absolute atomic E-state index is 13.7. The molecule has 184 valence electrons. The number of alkyl halides is 1. The fourth-order valence-electron chi connectivity index (χ4n) is 4.24. The average Bonchev–Trinajstić information content (AvgIpc) is 3.19. The molecule has 3 aromatic rings. The number of carbonyl (C=O) groups excluding carboxylic acids is 1. The van der Waals surface area contributed by atoms with E-state index in [0.717, 1.165) is 0 Å². The molecule has 4 rings (SSSR count). The number of hydrogen-bond donors (Lipinski definition) is 2. The minimum atomic E-state index is -4.36. The van der Waals surface area contributed by atoms with E-state index >= 15 is 0 Å². The van der Waals surface area contributed by atoms with Crippen molar-refractivity contribution in [3.63, 3.8) is 0 Å². The zero-order valence-corrected chi connectivity index (χ0v) is 21.4. The van der Waals surface area contributed by atoms with Gasteiger partial charge in [-0.05, 0) is 44.2 Å².